The Bertz CT molecular complexity index is 715. The van der Waals surface area contributed by atoms with Gasteiger partial charge < -0.3 is 24.8 Å². The second-order valence-corrected chi connectivity index (χ2v) is 8.18. The van der Waals surface area contributed by atoms with Crippen LogP contribution in [-0.4, -0.2) is 45.5 Å². The Morgan fingerprint density at radius 3 is 2.79 bits per heavy atom. The van der Waals surface area contributed by atoms with Crippen LogP contribution in [-0.2, 0) is 11.3 Å². The van der Waals surface area contributed by atoms with Gasteiger partial charge in [-0.25, -0.2) is 4.99 Å². The Labute approximate surface area is 168 Å². The molecule has 1 aliphatic heterocycles. The number of ether oxygens (including phenoxy) is 3. The van der Waals surface area contributed by atoms with E-state index in [1.807, 2.05) is 18.2 Å². The molecular formula is C22H33N3O3. The fourth-order valence-corrected chi connectivity index (χ4v) is 5.52. The van der Waals surface area contributed by atoms with Crippen molar-refractivity contribution >= 4 is 5.96 Å². The van der Waals surface area contributed by atoms with E-state index in [1.54, 1.807) is 14.2 Å². The first-order chi connectivity index (χ1) is 13.7. The highest BCUT2D eigenvalue weighted by Gasteiger charge is 2.65. The molecule has 0 radical (unpaired) electrons. The summed E-state index contributed by atoms with van der Waals surface area (Å²) in [5.41, 5.74) is 1.36. The monoisotopic (exact) mass is 387 g/mol. The molecule has 1 aromatic carbocycles. The molecular weight excluding hydrogens is 354 g/mol. The van der Waals surface area contributed by atoms with Crippen molar-refractivity contribution in [3.8, 4) is 11.5 Å². The van der Waals surface area contributed by atoms with E-state index in [0.29, 0.717) is 30.0 Å². The van der Waals surface area contributed by atoms with Crippen LogP contribution in [0.2, 0.25) is 0 Å². The van der Waals surface area contributed by atoms with Crippen LogP contribution in [0.4, 0.5) is 0 Å². The summed E-state index contributed by atoms with van der Waals surface area (Å²) < 4.78 is 16.9. The minimum Gasteiger partial charge on any atom is -0.497 e. The fraction of sp³-hybridized carbons (Fsp3) is 0.682. The van der Waals surface area contributed by atoms with Crippen LogP contribution in [0.1, 0.15) is 44.6 Å². The molecule has 3 fully saturated rings. The lowest BCUT2D eigenvalue weighted by atomic mass is 9.54. The molecule has 1 saturated heterocycles. The second kappa shape index (κ2) is 8.19. The summed E-state index contributed by atoms with van der Waals surface area (Å²) in [5, 5.41) is 7.21. The van der Waals surface area contributed by atoms with E-state index in [1.165, 1.54) is 25.7 Å². The third kappa shape index (κ3) is 3.32. The first-order valence-corrected chi connectivity index (χ1v) is 10.6. The third-order valence-electron chi connectivity index (χ3n) is 6.82. The van der Waals surface area contributed by atoms with Gasteiger partial charge in [0.05, 0.1) is 26.9 Å². The average molecular weight is 388 g/mol. The molecule has 2 aliphatic carbocycles. The summed E-state index contributed by atoms with van der Waals surface area (Å²) in [5.74, 6) is 3.11. The molecule has 0 bridgehead atoms. The van der Waals surface area contributed by atoms with Crippen LogP contribution in [0.25, 0.3) is 0 Å². The van der Waals surface area contributed by atoms with Gasteiger partial charge in [0.25, 0.3) is 0 Å². The number of nitrogens with one attached hydrogen (secondary N) is 2. The van der Waals surface area contributed by atoms with Gasteiger partial charge in [-0.1, -0.05) is 12.8 Å². The maximum absolute atomic E-state index is 6.11. The van der Waals surface area contributed by atoms with Crippen LogP contribution in [0.3, 0.4) is 0 Å². The highest BCUT2D eigenvalue weighted by molar-refractivity contribution is 5.80. The lowest BCUT2D eigenvalue weighted by molar-refractivity contribution is -0.125. The van der Waals surface area contributed by atoms with Gasteiger partial charge in [0, 0.05) is 42.2 Å². The van der Waals surface area contributed by atoms with Crippen molar-refractivity contribution < 1.29 is 14.2 Å². The van der Waals surface area contributed by atoms with Crippen molar-refractivity contribution in [2.75, 3.05) is 27.4 Å². The van der Waals surface area contributed by atoms with Crippen LogP contribution >= 0.6 is 0 Å². The predicted molar refractivity (Wildman–Crippen MR) is 110 cm³/mol. The summed E-state index contributed by atoms with van der Waals surface area (Å²) in [4.78, 5) is 4.87. The van der Waals surface area contributed by atoms with Gasteiger partial charge in [-0.3, -0.25) is 0 Å². The molecule has 0 amide bonds. The molecule has 3 aliphatic rings. The number of rotatable bonds is 6. The lowest BCUT2D eigenvalue weighted by Gasteiger charge is -2.57. The number of benzene rings is 1. The van der Waals surface area contributed by atoms with Gasteiger partial charge in [-0.2, -0.15) is 0 Å². The van der Waals surface area contributed by atoms with E-state index in [0.717, 1.165) is 42.6 Å². The molecule has 1 heterocycles. The Morgan fingerprint density at radius 1 is 1.25 bits per heavy atom. The first kappa shape index (κ1) is 19.4. The van der Waals surface area contributed by atoms with E-state index < -0.39 is 0 Å². The zero-order chi connectivity index (χ0) is 19.6. The van der Waals surface area contributed by atoms with Crippen molar-refractivity contribution in [3.63, 3.8) is 0 Å². The largest absolute Gasteiger partial charge is 0.497 e. The van der Waals surface area contributed by atoms with Crippen molar-refractivity contribution in [3.05, 3.63) is 23.8 Å². The number of aliphatic imine (C=N–C) groups is 1. The van der Waals surface area contributed by atoms with E-state index in [9.17, 15) is 0 Å². The lowest BCUT2D eigenvalue weighted by Crippen LogP contribution is -2.69. The number of methoxy groups -OCH3 is 2. The topological polar surface area (TPSA) is 64.1 Å². The van der Waals surface area contributed by atoms with E-state index in [4.69, 9.17) is 19.2 Å². The van der Waals surface area contributed by atoms with Gasteiger partial charge >= 0.3 is 0 Å². The smallest absolute Gasteiger partial charge is 0.191 e. The van der Waals surface area contributed by atoms with Crippen molar-refractivity contribution in [1.82, 2.24) is 10.6 Å². The molecule has 3 atom stereocenters. The SMILES string of the molecule is CCNC(=NCc1ccc(OC)cc1OC)NC1C2CCOC2C12CCCC2. The molecule has 2 N–H and O–H groups in total. The normalized spacial score (nSPS) is 28.0. The third-order valence-corrected chi connectivity index (χ3v) is 6.82. The molecule has 28 heavy (non-hydrogen) atoms. The average Bonchev–Trinajstić information content (AvgIpc) is 3.38. The number of hydrogen-bond donors (Lipinski definition) is 2. The molecule has 6 nitrogen and oxygen atoms in total. The zero-order valence-electron chi connectivity index (χ0n) is 17.3. The molecule has 6 heteroatoms. The van der Waals surface area contributed by atoms with Gasteiger partial charge in [0.2, 0.25) is 0 Å². The van der Waals surface area contributed by atoms with Gasteiger partial charge in [0.15, 0.2) is 5.96 Å². The molecule has 4 rings (SSSR count). The number of fused-ring (bicyclic) bond motifs is 2. The van der Waals surface area contributed by atoms with Crippen LogP contribution < -0.4 is 20.1 Å². The highest BCUT2D eigenvalue weighted by Crippen LogP contribution is 2.60. The summed E-state index contributed by atoms with van der Waals surface area (Å²) in [6.07, 6.45) is 6.81. The number of hydrogen-bond acceptors (Lipinski definition) is 4. The van der Waals surface area contributed by atoms with E-state index in [2.05, 4.69) is 17.6 Å². The predicted octanol–water partition coefficient (Wildman–Crippen LogP) is 3.11. The quantitative estimate of drug-likeness (QED) is 0.580. The van der Waals surface area contributed by atoms with Gasteiger partial charge in [-0.15, -0.1) is 0 Å². The standard InChI is InChI=1S/C22H33N3O3/c1-4-23-21(24-14-15-7-8-16(26-2)13-18(15)27-3)25-19-17-9-12-28-20(17)22(19)10-5-6-11-22/h7-8,13,17,19-20H,4-6,9-12,14H2,1-3H3,(H2,23,24,25). The number of guanidine groups is 1. The molecule has 1 spiro atoms. The maximum Gasteiger partial charge on any atom is 0.191 e. The summed E-state index contributed by atoms with van der Waals surface area (Å²) >= 11 is 0. The first-order valence-electron chi connectivity index (χ1n) is 10.6. The van der Waals surface area contributed by atoms with E-state index in [-0.39, 0.29) is 0 Å². The highest BCUT2D eigenvalue weighted by atomic mass is 16.5. The van der Waals surface area contributed by atoms with Gasteiger partial charge in [0.1, 0.15) is 11.5 Å². The number of nitrogens with zero attached hydrogens (tertiary/aromatic N) is 1. The zero-order valence-corrected chi connectivity index (χ0v) is 17.3. The Kier molecular flexibility index (Phi) is 5.67. The summed E-state index contributed by atoms with van der Waals surface area (Å²) in [6.45, 7) is 4.42. The minimum absolute atomic E-state index is 0.315. The van der Waals surface area contributed by atoms with Crippen molar-refractivity contribution in [2.24, 2.45) is 16.3 Å². The summed E-state index contributed by atoms with van der Waals surface area (Å²) in [6, 6.07) is 6.35. The maximum atomic E-state index is 6.11. The van der Waals surface area contributed by atoms with Gasteiger partial charge in [-0.05, 0) is 38.3 Å². The van der Waals surface area contributed by atoms with Crippen molar-refractivity contribution in [2.45, 2.75) is 57.7 Å². The molecule has 3 unspecified atom stereocenters. The van der Waals surface area contributed by atoms with E-state index >= 15 is 0 Å². The van der Waals surface area contributed by atoms with Crippen LogP contribution in [0, 0.1) is 11.3 Å². The molecule has 1 aromatic rings. The Morgan fingerprint density at radius 2 is 2.07 bits per heavy atom. The fourth-order valence-electron chi connectivity index (χ4n) is 5.52. The molecule has 2 saturated carbocycles. The van der Waals surface area contributed by atoms with Crippen LogP contribution in [0.15, 0.2) is 23.2 Å². The van der Waals surface area contributed by atoms with Crippen molar-refractivity contribution in [1.29, 1.82) is 0 Å². The molecule has 0 aromatic heterocycles. The summed E-state index contributed by atoms with van der Waals surface area (Å²) in [7, 11) is 3.35. The Balaban J connectivity index is 1.50. The second-order valence-electron chi connectivity index (χ2n) is 8.18. The van der Waals surface area contributed by atoms with Crippen LogP contribution in [0.5, 0.6) is 11.5 Å². The Hall–Kier alpha value is -1.95. The molecule has 154 valence electrons. The minimum atomic E-state index is 0.315.